The molecule has 23 heavy (non-hydrogen) atoms. The lowest BCUT2D eigenvalue weighted by Gasteiger charge is -2.19. The molecule has 1 aromatic heterocycles. The Kier molecular flexibility index (Phi) is 4.23. The van der Waals surface area contributed by atoms with Crippen LogP contribution in [0.3, 0.4) is 0 Å². The molecule has 0 bridgehead atoms. The Bertz CT molecular complexity index is 716. The molecular formula is C17H16F2N2O2. The van der Waals surface area contributed by atoms with Crippen molar-refractivity contribution in [2.75, 3.05) is 18.0 Å². The van der Waals surface area contributed by atoms with Crippen LogP contribution in [0.1, 0.15) is 22.3 Å². The van der Waals surface area contributed by atoms with Gasteiger partial charge in [-0.25, -0.2) is 18.6 Å². The maximum absolute atomic E-state index is 13.3. The van der Waals surface area contributed by atoms with Crippen LogP contribution in [-0.2, 0) is 6.42 Å². The number of halogens is 2. The van der Waals surface area contributed by atoms with E-state index in [4.69, 9.17) is 0 Å². The number of pyridine rings is 1. The predicted octanol–water partition coefficient (Wildman–Crippen LogP) is 3.13. The van der Waals surface area contributed by atoms with Crippen LogP contribution in [0.2, 0.25) is 0 Å². The highest BCUT2D eigenvalue weighted by atomic mass is 19.1. The van der Waals surface area contributed by atoms with Gasteiger partial charge in [0.15, 0.2) is 0 Å². The zero-order valence-electron chi connectivity index (χ0n) is 12.4. The van der Waals surface area contributed by atoms with E-state index in [1.807, 2.05) is 4.90 Å². The molecule has 1 saturated heterocycles. The Morgan fingerprint density at radius 1 is 1.30 bits per heavy atom. The summed E-state index contributed by atoms with van der Waals surface area (Å²) < 4.78 is 26.5. The number of anilines is 1. The maximum Gasteiger partial charge on any atom is 0.339 e. The summed E-state index contributed by atoms with van der Waals surface area (Å²) in [4.78, 5) is 17.4. The van der Waals surface area contributed by atoms with Gasteiger partial charge >= 0.3 is 5.97 Å². The maximum atomic E-state index is 13.3. The van der Waals surface area contributed by atoms with Gasteiger partial charge in [0, 0.05) is 25.4 Å². The van der Waals surface area contributed by atoms with E-state index in [0.29, 0.717) is 30.9 Å². The van der Waals surface area contributed by atoms with Crippen LogP contribution in [-0.4, -0.2) is 29.1 Å². The summed E-state index contributed by atoms with van der Waals surface area (Å²) in [6.07, 6.45) is 2.95. The number of rotatable bonds is 4. The average Bonchev–Trinajstić information content (AvgIpc) is 2.94. The van der Waals surface area contributed by atoms with Gasteiger partial charge in [-0.15, -0.1) is 0 Å². The molecular weight excluding hydrogens is 302 g/mol. The molecule has 0 radical (unpaired) electrons. The van der Waals surface area contributed by atoms with Crippen molar-refractivity contribution in [2.45, 2.75) is 12.8 Å². The van der Waals surface area contributed by atoms with Gasteiger partial charge in [0.2, 0.25) is 0 Å². The van der Waals surface area contributed by atoms with Crippen molar-refractivity contribution in [1.29, 1.82) is 0 Å². The second-order valence-electron chi connectivity index (χ2n) is 5.76. The minimum absolute atomic E-state index is 0.171. The van der Waals surface area contributed by atoms with Gasteiger partial charge in [-0.1, -0.05) is 0 Å². The van der Waals surface area contributed by atoms with Crippen LogP contribution < -0.4 is 4.90 Å². The predicted molar refractivity (Wildman–Crippen MR) is 81.6 cm³/mol. The van der Waals surface area contributed by atoms with Crippen molar-refractivity contribution in [3.05, 3.63) is 59.3 Å². The molecule has 0 amide bonds. The fourth-order valence-corrected chi connectivity index (χ4v) is 3.07. The number of carboxylic acids is 1. The Morgan fingerprint density at radius 3 is 2.74 bits per heavy atom. The molecule has 6 heteroatoms. The van der Waals surface area contributed by atoms with Crippen LogP contribution in [0.25, 0.3) is 0 Å². The Morgan fingerprint density at radius 2 is 2.04 bits per heavy atom. The molecule has 1 aromatic carbocycles. The fourth-order valence-electron chi connectivity index (χ4n) is 3.07. The molecule has 1 atom stereocenters. The molecule has 1 aliphatic heterocycles. The summed E-state index contributed by atoms with van der Waals surface area (Å²) >= 11 is 0. The van der Waals surface area contributed by atoms with E-state index in [-0.39, 0.29) is 11.5 Å². The van der Waals surface area contributed by atoms with E-state index in [9.17, 15) is 18.7 Å². The molecule has 1 N–H and O–H groups in total. The summed E-state index contributed by atoms with van der Waals surface area (Å²) in [7, 11) is 0. The SMILES string of the molecule is O=C(O)c1cccnc1N1CCC(Cc2cc(F)cc(F)c2)C1. The highest BCUT2D eigenvalue weighted by Gasteiger charge is 2.26. The quantitative estimate of drug-likeness (QED) is 0.941. The van der Waals surface area contributed by atoms with Crippen molar-refractivity contribution in [1.82, 2.24) is 4.98 Å². The van der Waals surface area contributed by atoms with Crippen molar-refractivity contribution < 1.29 is 18.7 Å². The van der Waals surface area contributed by atoms with Gasteiger partial charge in [0.1, 0.15) is 23.0 Å². The van der Waals surface area contributed by atoms with Gasteiger partial charge in [-0.3, -0.25) is 0 Å². The second kappa shape index (κ2) is 6.32. The highest BCUT2D eigenvalue weighted by Crippen LogP contribution is 2.27. The van der Waals surface area contributed by atoms with Crippen LogP contribution in [0.5, 0.6) is 0 Å². The van der Waals surface area contributed by atoms with Gasteiger partial charge in [-0.2, -0.15) is 0 Å². The molecule has 1 fully saturated rings. The first-order chi connectivity index (χ1) is 11.0. The van der Waals surface area contributed by atoms with Gasteiger partial charge in [0.25, 0.3) is 0 Å². The summed E-state index contributed by atoms with van der Waals surface area (Å²) in [5.74, 6) is -1.50. The number of benzene rings is 1. The zero-order valence-corrected chi connectivity index (χ0v) is 12.4. The number of nitrogens with zero attached hydrogens (tertiary/aromatic N) is 2. The van der Waals surface area contributed by atoms with Gasteiger partial charge < -0.3 is 10.0 Å². The first-order valence-corrected chi connectivity index (χ1v) is 7.41. The van der Waals surface area contributed by atoms with E-state index in [2.05, 4.69) is 4.98 Å². The van der Waals surface area contributed by atoms with Crippen molar-refractivity contribution >= 4 is 11.8 Å². The third-order valence-electron chi connectivity index (χ3n) is 4.05. The summed E-state index contributed by atoms with van der Waals surface area (Å²) in [6.45, 7) is 1.30. The van der Waals surface area contributed by atoms with E-state index in [0.717, 1.165) is 12.5 Å². The number of aromatic nitrogens is 1. The third-order valence-corrected chi connectivity index (χ3v) is 4.05. The number of carboxylic acid groups (broad SMARTS) is 1. The summed E-state index contributed by atoms with van der Waals surface area (Å²) in [5, 5.41) is 9.24. The molecule has 1 aliphatic rings. The van der Waals surface area contributed by atoms with E-state index < -0.39 is 17.6 Å². The van der Waals surface area contributed by atoms with Gasteiger partial charge in [0.05, 0.1) is 0 Å². The van der Waals surface area contributed by atoms with Gasteiger partial charge in [-0.05, 0) is 48.6 Å². The number of carbonyl (C=O) groups is 1. The second-order valence-corrected chi connectivity index (χ2v) is 5.76. The topological polar surface area (TPSA) is 53.4 Å². The largest absolute Gasteiger partial charge is 0.478 e. The third kappa shape index (κ3) is 3.47. The molecule has 0 spiro atoms. The molecule has 0 aliphatic carbocycles. The monoisotopic (exact) mass is 318 g/mol. The molecule has 2 heterocycles. The van der Waals surface area contributed by atoms with Crippen molar-refractivity contribution in [2.24, 2.45) is 5.92 Å². The molecule has 4 nitrogen and oxygen atoms in total. The lowest BCUT2D eigenvalue weighted by Crippen LogP contribution is -2.23. The van der Waals surface area contributed by atoms with E-state index in [1.165, 1.54) is 18.2 Å². The molecule has 2 aromatic rings. The molecule has 120 valence electrons. The molecule has 3 rings (SSSR count). The number of hydrogen-bond acceptors (Lipinski definition) is 3. The van der Waals surface area contributed by atoms with E-state index in [1.54, 1.807) is 12.3 Å². The van der Waals surface area contributed by atoms with Crippen LogP contribution >= 0.6 is 0 Å². The lowest BCUT2D eigenvalue weighted by molar-refractivity contribution is 0.0697. The van der Waals surface area contributed by atoms with E-state index >= 15 is 0 Å². The first-order valence-electron chi connectivity index (χ1n) is 7.41. The van der Waals surface area contributed by atoms with Crippen LogP contribution in [0.4, 0.5) is 14.6 Å². The summed E-state index contributed by atoms with van der Waals surface area (Å²) in [5.41, 5.74) is 0.791. The minimum atomic E-state index is -1.01. The Balaban J connectivity index is 1.73. The van der Waals surface area contributed by atoms with Crippen LogP contribution in [0, 0.1) is 17.6 Å². The first kappa shape index (κ1) is 15.4. The van der Waals surface area contributed by atoms with Crippen molar-refractivity contribution in [3.8, 4) is 0 Å². The minimum Gasteiger partial charge on any atom is -0.478 e. The highest BCUT2D eigenvalue weighted by molar-refractivity contribution is 5.93. The average molecular weight is 318 g/mol. The smallest absolute Gasteiger partial charge is 0.339 e. The fraction of sp³-hybridized carbons (Fsp3) is 0.294. The Labute approximate surface area is 132 Å². The van der Waals surface area contributed by atoms with Crippen molar-refractivity contribution in [3.63, 3.8) is 0 Å². The summed E-state index contributed by atoms with van der Waals surface area (Å²) in [6, 6.07) is 6.66. The molecule has 0 saturated carbocycles. The normalized spacial score (nSPS) is 17.5. The number of aromatic carboxylic acids is 1. The zero-order chi connectivity index (χ0) is 16.4. The van der Waals surface area contributed by atoms with Crippen LogP contribution in [0.15, 0.2) is 36.5 Å². The lowest BCUT2D eigenvalue weighted by atomic mass is 9.98. The Hall–Kier alpha value is -2.50. The standard InChI is InChI=1S/C17H16F2N2O2/c18-13-7-12(8-14(19)9-13)6-11-3-5-21(10-11)16-15(17(22)23)2-1-4-20-16/h1-2,4,7-9,11H,3,5-6,10H2,(H,22,23). The molecule has 1 unspecified atom stereocenters. The number of hydrogen-bond donors (Lipinski definition) is 1.